The molecule has 0 aliphatic heterocycles. The highest BCUT2D eigenvalue weighted by Gasteiger charge is 2.20. The van der Waals surface area contributed by atoms with Gasteiger partial charge in [0.25, 0.3) is 0 Å². The third-order valence-electron chi connectivity index (χ3n) is 7.20. The Bertz CT molecular complexity index is 922. The van der Waals surface area contributed by atoms with Crippen LogP contribution in [-0.4, -0.2) is 118 Å². The number of nitrogens with two attached hydrogens (primary N) is 1. The second kappa shape index (κ2) is 33.2. The molecule has 4 amide bonds. The molecule has 284 valence electrons. The van der Waals surface area contributed by atoms with Crippen molar-refractivity contribution in [2.45, 2.75) is 109 Å². The lowest BCUT2D eigenvalue weighted by molar-refractivity contribution is -0.142. The van der Waals surface area contributed by atoms with E-state index in [0.29, 0.717) is 13.0 Å². The van der Waals surface area contributed by atoms with Gasteiger partial charge < -0.3 is 50.8 Å². The molecule has 16 nitrogen and oxygen atoms in total. The molecule has 0 aromatic rings. The van der Waals surface area contributed by atoms with Crippen molar-refractivity contribution in [3.8, 4) is 0 Å². The number of carboxylic acids is 2. The summed E-state index contributed by atoms with van der Waals surface area (Å²) in [4.78, 5) is 68.6. The monoisotopic (exact) mass is 704 g/mol. The van der Waals surface area contributed by atoms with E-state index >= 15 is 0 Å². The molecule has 1 unspecified atom stereocenters. The van der Waals surface area contributed by atoms with Crippen LogP contribution < -0.4 is 21.7 Å². The third-order valence-corrected chi connectivity index (χ3v) is 7.20. The quantitative estimate of drug-likeness (QED) is 0.0511. The molecule has 16 heteroatoms. The minimum atomic E-state index is -1.18. The molecule has 0 aliphatic carbocycles. The van der Waals surface area contributed by atoms with Crippen molar-refractivity contribution in [1.29, 1.82) is 0 Å². The number of nitrogens with one attached hydrogen (secondary N) is 3. The fourth-order valence-corrected chi connectivity index (χ4v) is 4.57. The van der Waals surface area contributed by atoms with Gasteiger partial charge in [0.2, 0.25) is 23.6 Å². The highest BCUT2D eigenvalue weighted by molar-refractivity contribution is 5.84. The van der Waals surface area contributed by atoms with E-state index in [0.717, 1.165) is 51.4 Å². The highest BCUT2D eigenvalue weighted by Crippen LogP contribution is 2.13. The van der Waals surface area contributed by atoms with Crippen LogP contribution in [0.5, 0.6) is 0 Å². The van der Waals surface area contributed by atoms with Crippen LogP contribution in [0.2, 0.25) is 0 Å². The lowest BCUT2D eigenvalue weighted by Gasteiger charge is -2.14. The first-order valence-corrected chi connectivity index (χ1v) is 17.5. The Morgan fingerprint density at radius 2 is 0.959 bits per heavy atom. The zero-order valence-corrected chi connectivity index (χ0v) is 29.0. The molecule has 0 saturated heterocycles. The van der Waals surface area contributed by atoms with Crippen LogP contribution in [-0.2, 0) is 47.7 Å². The molecule has 0 heterocycles. The average molecular weight is 705 g/mol. The predicted molar refractivity (Wildman–Crippen MR) is 180 cm³/mol. The number of primary amides is 1. The first-order chi connectivity index (χ1) is 23.6. The molecule has 0 rings (SSSR count). The summed E-state index contributed by atoms with van der Waals surface area (Å²) >= 11 is 0. The number of hydrogen-bond donors (Lipinski definition) is 6. The summed E-state index contributed by atoms with van der Waals surface area (Å²) in [6.07, 6.45) is 12.8. The molecule has 0 bridgehead atoms. The van der Waals surface area contributed by atoms with Gasteiger partial charge in [0.05, 0.1) is 39.6 Å². The van der Waals surface area contributed by atoms with Crippen LogP contribution in [0.25, 0.3) is 0 Å². The fraction of sp³-hybridized carbons (Fsp3) is 0.818. The number of carboxylic acid groups (broad SMARTS) is 2. The molecule has 0 aromatic heterocycles. The van der Waals surface area contributed by atoms with E-state index in [9.17, 15) is 33.9 Å². The van der Waals surface area contributed by atoms with Gasteiger partial charge in [-0.2, -0.15) is 0 Å². The van der Waals surface area contributed by atoms with Crippen LogP contribution in [0, 0.1) is 0 Å². The van der Waals surface area contributed by atoms with E-state index in [1.165, 1.54) is 19.3 Å². The number of rotatable bonds is 36. The molecule has 1 atom stereocenters. The molecule has 0 spiro atoms. The normalized spacial score (nSPS) is 11.5. The zero-order valence-electron chi connectivity index (χ0n) is 29.0. The molecule has 0 fully saturated rings. The third kappa shape index (κ3) is 34.3. The molecule has 0 radical (unpaired) electrons. The topological polar surface area (TPSA) is 242 Å². The molecular formula is C33H60N4O12. The first kappa shape index (κ1) is 45.7. The maximum atomic E-state index is 12.2. The van der Waals surface area contributed by atoms with Gasteiger partial charge in [0.15, 0.2) is 0 Å². The van der Waals surface area contributed by atoms with Crippen molar-refractivity contribution >= 4 is 35.6 Å². The molecule has 0 aliphatic rings. The molecular weight excluding hydrogens is 644 g/mol. The Morgan fingerprint density at radius 1 is 0.510 bits per heavy atom. The van der Waals surface area contributed by atoms with Crippen molar-refractivity contribution < 1.29 is 57.9 Å². The number of amides is 4. The maximum Gasteiger partial charge on any atom is 0.326 e. The number of carbonyl (C=O) groups excluding carboxylic acids is 4. The van der Waals surface area contributed by atoms with Gasteiger partial charge in [-0.3, -0.25) is 24.0 Å². The lowest BCUT2D eigenvalue weighted by Crippen LogP contribution is -2.41. The fourth-order valence-electron chi connectivity index (χ4n) is 4.57. The number of ether oxygens (including phenoxy) is 4. The zero-order chi connectivity index (χ0) is 36.4. The number of unbranched alkanes of at least 4 members (excludes halogenated alkanes) is 11. The Kier molecular flexibility index (Phi) is 30.9. The molecule has 0 aromatic carbocycles. The van der Waals surface area contributed by atoms with E-state index in [-0.39, 0.29) is 103 Å². The van der Waals surface area contributed by atoms with Gasteiger partial charge in [-0.15, -0.1) is 0 Å². The first-order valence-electron chi connectivity index (χ1n) is 17.5. The van der Waals surface area contributed by atoms with Crippen LogP contribution in [0.1, 0.15) is 103 Å². The van der Waals surface area contributed by atoms with Crippen molar-refractivity contribution in [2.24, 2.45) is 5.73 Å². The van der Waals surface area contributed by atoms with Gasteiger partial charge >= 0.3 is 11.9 Å². The number of aliphatic carboxylic acids is 2. The summed E-state index contributed by atoms with van der Waals surface area (Å²) in [5, 5.41) is 25.8. The van der Waals surface area contributed by atoms with Crippen molar-refractivity contribution in [1.82, 2.24) is 16.0 Å². The summed E-state index contributed by atoms with van der Waals surface area (Å²) < 4.78 is 20.7. The second-order valence-electron chi connectivity index (χ2n) is 11.6. The summed E-state index contributed by atoms with van der Waals surface area (Å²) in [6.45, 7) is 1.55. The van der Waals surface area contributed by atoms with Gasteiger partial charge in [0, 0.05) is 32.4 Å². The van der Waals surface area contributed by atoms with Gasteiger partial charge in [-0.25, -0.2) is 4.79 Å². The van der Waals surface area contributed by atoms with Gasteiger partial charge in [-0.05, 0) is 19.3 Å². The maximum absolute atomic E-state index is 12.2. The largest absolute Gasteiger partial charge is 0.481 e. The lowest BCUT2D eigenvalue weighted by atomic mass is 10.0. The van der Waals surface area contributed by atoms with E-state index in [1.54, 1.807) is 0 Å². The van der Waals surface area contributed by atoms with Crippen LogP contribution in [0.3, 0.4) is 0 Å². The minimum absolute atomic E-state index is 0.0243. The Balaban J connectivity index is 3.68. The standard InChI is InChI=1S/C33H60N4O12/c34-28(38)25-48-23-21-47-20-18-36-31(41)26-49-24-22-46-19-17-35-29(39)16-15-27(33(44)45)37-30(40)13-11-9-7-5-3-1-2-4-6-8-10-12-14-32(42)43/h27H,1-26H2,(H2,34,38)(H,35,39)(H,36,41)(H,37,40)(H,42,43)(H,44,45). The van der Waals surface area contributed by atoms with E-state index in [2.05, 4.69) is 16.0 Å². The summed E-state index contributed by atoms with van der Waals surface area (Å²) in [5.41, 5.74) is 4.93. The van der Waals surface area contributed by atoms with E-state index < -0.39 is 23.9 Å². The number of hydrogen-bond acceptors (Lipinski definition) is 10. The van der Waals surface area contributed by atoms with Gasteiger partial charge in [0.1, 0.15) is 19.3 Å². The smallest absolute Gasteiger partial charge is 0.326 e. The highest BCUT2D eigenvalue weighted by atomic mass is 16.5. The molecule has 49 heavy (non-hydrogen) atoms. The molecule has 7 N–H and O–H groups in total. The summed E-state index contributed by atoms with van der Waals surface area (Å²) in [5.74, 6) is -3.47. The van der Waals surface area contributed by atoms with Crippen molar-refractivity contribution in [2.75, 3.05) is 65.9 Å². The molecule has 0 saturated carbocycles. The van der Waals surface area contributed by atoms with Crippen LogP contribution in [0.4, 0.5) is 0 Å². The van der Waals surface area contributed by atoms with E-state index in [4.69, 9.17) is 29.8 Å². The average Bonchev–Trinajstić information content (AvgIpc) is 3.05. The predicted octanol–water partition coefficient (Wildman–Crippen LogP) is 1.67. The Labute approximate surface area is 289 Å². The summed E-state index contributed by atoms with van der Waals surface area (Å²) in [6, 6.07) is -1.14. The van der Waals surface area contributed by atoms with Crippen molar-refractivity contribution in [3.05, 3.63) is 0 Å². The van der Waals surface area contributed by atoms with E-state index in [1.807, 2.05) is 0 Å². The van der Waals surface area contributed by atoms with Crippen LogP contribution in [0.15, 0.2) is 0 Å². The van der Waals surface area contributed by atoms with Gasteiger partial charge in [-0.1, -0.05) is 64.2 Å². The Hall–Kier alpha value is -3.34. The minimum Gasteiger partial charge on any atom is -0.481 e. The summed E-state index contributed by atoms with van der Waals surface area (Å²) in [7, 11) is 0. The van der Waals surface area contributed by atoms with Crippen molar-refractivity contribution in [3.63, 3.8) is 0 Å². The SMILES string of the molecule is NC(=O)COCCOCCNC(=O)COCCOCCNC(=O)CCC(NC(=O)CCCCCCCCCCCCCCC(=O)O)C(=O)O. The Morgan fingerprint density at radius 3 is 1.45 bits per heavy atom. The number of carbonyl (C=O) groups is 6. The second-order valence-corrected chi connectivity index (χ2v) is 11.6. The van der Waals surface area contributed by atoms with Crippen LogP contribution >= 0.6 is 0 Å².